The van der Waals surface area contributed by atoms with Gasteiger partial charge in [0, 0.05) is 6.42 Å². The van der Waals surface area contributed by atoms with Gasteiger partial charge in [-0.25, -0.2) is 4.39 Å². The smallest absolute Gasteiger partial charge is 0.137 e. The lowest BCUT2D eigenvalue weighted by Gasteiger charge is -2.29. The molecule has 0 bridgehead atoms. The Morgan fingerprint density at radius 1 is 1.44 bits per heavy atom. The van der Waals surface area contributed by atoms with E-state index in [1.807, 2.05) is 26.8 Å². The summed E-state index contributed by atoms with van der Waals surface area (Å²) in [7, 11) is 0. The molecule has 16 heavy (non-hydrogen) atoms. The molecule has 0 aliphatic heterocycles. The van der Waals surface area contributed by atoms with Crippen LogP contribution in [0, 0.1) is 11.2 Å². The molecule has 1 aromatic carbocycles. The van der Waals surface area contributed by atoms with Gasteiger partial charge in [-0.3, -0.25) is 0 Å². The molecule has 1 aromatic rings. The highest BCUT2D eigenvalue weighted by molar-refractivity contribution is 9.10. The van der Waals surface area contributed by atoms with Gasteiger partial charge in [-0.2, -0.15) is 0 Å². The molecule has 0 heterocycles. The summed E-state index contributed by atoms with van der Waals surface area (Å²) in [6.45, 7) is 6.08. The van der Waals surface area contributed by atoms with Crippen LogP contribution in [0.15, 0.2) is 22.7 Å². The number of aliphatic hydroxyl groups is 1. The zero-order chi connectivity index (χ0) is 12.3. The van der Waals surface area contributed by atoms with E-state index in [0.717, 1.165) is 12.0 Å². The van der Waals surface area contributed by atoms with Crippen LogP contribution in [0.2, 0.25) is 0 Å². The second kappa shape index (κ2) is 5.28. The van der Waals surface area contributed by atoms with Crippen molar-refractivity contribution >= 4 is 15.9 Å². The van der Waals surface area contributed by atoms with Gasteiger partial charge in [0.25, 0.3) is 0 Å². The molecule has 0 fully saturated rings. The molecule has 0 aliphatic rings. The van der Waals surface area contributed by atoms with Crippen molar-refractivity contribution in [3.63, 3.8) is 0 Å². The van der Waals surface area contributed by atoms with Gasteiger partial charge >= 0.3 is 0 Å². The number of hydrogen-bond donors (Lipinski definition) is 1. The van der Waals surface area contributed by atoms with E-state index in [2.05, 4.69) is 15.9 Å². The maximum atomic E-state index is 13.3. The Balaban J connectivity index is 2.85. The second-order valence-corrected chi connectivity index (χ2v) is 5.57. The molecule has 1 nitrogen and oxygen atoms in total. The summed E-state index contributed by atoms with van der Waals surface area (Å²) in [5.74, 6) is -0.279. The zero-order valence-corrected chi connectivity index (χ0v) is 11.5. The van der Waals surface area contributed by atoms with Gasteiger partial charge in [-0.05, 0) is 39.4 Å². The first kappa shape index (κ1) is 13.7. The molecule has 0 spiro atoms. The molecule has 0 aromatic heterocycles. The fourth-order valence-corrected chi connectivity index (χ4v) is 1.85. The lowest BCUT2D eigenvalue weighted by molar-refractivity contribution is 0.0478. The third-order valence-electron chi connectivity index (χ3n) is 3.26. The van der Waals surface area contributed by atoms with Crippen molar-refractivity contribution in [1.29, 1.82) is 0 Å². The van der Waals surface area contributed by atoms with E-state index in [-0.39, 0.29) is 11.2 Å². The van der Waals surface area contributed by atoms with E-state index in [1.54, 1.807) is 6.07 Å². The SMILES string of the molecule is CCC(C)(C)C(O)Cc1cccc(F)c1Br. The highest BCUT2D eigenvalue weighted by Gasteiger charge is 2.26. The largest absolute Gasteiger partial charge is 0.392 e. The second-order valence-electron chi connectivity index (χ2n) is 4.77. The molecular weight excluding hydrogens is 271 g/mol. The van der Waals surface area contributed by atoms with Crippen molar-refractivity contribution in [2.45, 2.75) is 39.7 Å². The van der Waals surface area contributed by atoms with E-state index in [0.29, 0.717) is 10.9 Å². The Labute approximate surface area is 105 Å². The minimum Gasteiger partial charge on any atom is -0.392 e. The summed E-state index contributed by atoms with van der Waals surface area (Å²) in [6.07, 6.45) is 0.899. The van der Waals surface area contributed by atoms with Crippen LogP contribution in [-0.4, -0.2) is 11.2 Å². The van der Waals surface area contributed by atoms with E-state index in [1.165, 1.54) is 6.07 Å². The Morgan fingerprint density at radius 3 is 2.62 bits per heavy atom. The number of halogens is 2. The van der Waals surface area contributed by atoms with Crippen LogP contribution < -0.4 is 0 Å². The highest BCUT2D eigenvalue weighted by atomic mass is 79.9. The molecule has 0 saturated carbocycles. The predicted molar refractivity (Wildman–Crippen MR) is 67.9 cm³/mol. The van der Waals surface area contributed by atoms with Crippen LogP contribution in [0.3, 0.4) is 0 Å². The van der Waals surface area contributed by atoms with Gasteiger partial charge in [0.15, 0.2) is 0 Å². The third-order valence-corrected chi connectivity index (χ3v) is 4.15. The average molecular weight is 289 g/mol. The van der Waals surface area contributed by atoms with Crippen LogP contribution in [0.5, 0.6) is 0 Å². The maximum absolute atomic E-state index is 13.3. The number of hydrogen-bond acceptors (Lipinski definition) is 1. The first-order valence-electron chi connectivity index (χ1n) is 5.49. The molecule has 90 valence electrons. The first-order chi connectivity index (χ1) is 7.38. The van der Waals surface area contributed by atoms with E-state index in [9.17, 15) is 9.50 Å². The normalized spacial score (nSPS) is 13.9. The number of benzene rings is 1. The van der Waals surface area contributed by atoms with Crippen LogP contribution in [0.1, 0.15) is 32.8 Å². The zero-order valence-electron chi connectivity index (χ0n) is 9.93. The van der Waals surface area contributed by atoms with Crippen LogP contribution in [0.25, 0.3) is 0 Å². The predicted octanol–water partition coefficient (Wildman–Crippen LogP) is 3.93. The van der Waals surface area contributed by atoms with Gasteiger partial charge in [-0.15, -0.1) is 0 Å². The molecule has 1 rings (SSSR count). The Bertz CT molecular complexity index is 363. The number of rotatable bonds is 4. The summed E-state index contributed by atoms with van der Waals surface area (Å²) in [4.78, 5) is 0. The molecule has 1 N–H and O–H groups in total. The molecule has 0 saturated heterocycles. The fourth-order valence-electron chi connectivity index (χ4n) is 1.43. The van der Waals surface area contributed by atoms with Gasteiger partial charge in [0.05, 0.1) is 10.6 Å². The van der Waals surface area contributed by atoms with Crippen molar-refractivity contribution in [1.82, 2.24) is 0 Å². The molecule has 0 aliphatic carbocycles. The molecule has 0 amide bonds. The van der Waals surface area contributed by atoms with Crippen molar-refractivity contribution in [2.24, 2.45) is 5.41 Å². The minimum atomic E-state index is -0.462. The standard InChI is InChI=1S/C13H18BrFO/c1-4-13(2,3)11(16)8-9-6-5-7-10(15)12(9)14/h5-7,11,16H,4,8H2,1-3H3. The lowest BCUT2D eigenvalue weighted by atomic mass is 9.81. The summed E-state index contributed by atoms with van der Waals surface area (Å²) in [5, 5.41) is 10.1. The van der Waals surface area contributed by atoms with Crippen molar-refractivity contribution < 1.29 is 9.50 Å². The highest BCUT2D eigenvalue weighted by Crippen LogP contribution is 2.29. The quantitative estimate of drug-likeness (QED) is 0.890. The van der Waals surface area contributed by atoms with Crippen molar-refractivity contribution in [3.8, 4) is 0 Å². The summed E-state index contributed by atoms with van der Waals surface area (Å²) >= 11 is 3.21. The average Bonchev–Trinajstić information content (AvgIpc) is 2.24. The van der Waals surface area contributed by atoms with Gasteiger partial charge in [0.1, 0.15) is 5.82 Å². The van der Waals surface area contributed by atoms with E-state index < -0.39 is 6.10 Å². The Morgan fingerprint density at radius 2 is 2.06 bits per heavy atom. The summed E-state index contributed by atoms with van der Waals surface area (Å²) in [6, 6.07) is 4.91. The van der Waals surface area contributed by atoms with Crippen molar-refractivity contribution in [3.05, 3.63) is 34.1 Å². The Kier molecular flexibility index (Phi) is 4.51. The van der Waals surface area contributed by atoms with Crippen LogP contribution in [0.4, 0.5) is 4.39 Å². The maximum Gasteiger partial charge on any atom is 0.137 e. The van der Waals surface area contributed by atoms with Crippen LogP contribution >= 0.6 is 15.9 Å². The molecular formula is C13H18BrFO. The fraction of sp³-hybridized carbons (Fsp3) is 0.538. The monoisotopic (exact) mass is 288 g/mol. The minimum absolute atomic E-state index is 0.147. The van der Waals surface area contributed by atoms with E-state index in [4.69, 9.17) is 0 Å². The van der Waals surface area contributed by atoms with Gasteiger partial charge < -0.3 is 5.11 Å². The molecule has 3 heteroatoms. The third kappa shape index (κ3) is 3.05. The van der Waals surface area contributed by atoms with Gasteiger partial charge in [0.2, 0.25) is 0 Å². The topological polar surface area (TPSA) is 20.2 Å². The summed E-state index contributed by atoms with van der Waals surface area (Å²) < 4.78 is 13.7. The number of aliphatic hydroxyl groups excluding tert-OH is 1. The molecule has 1 atom stereocenters. The lowest BCUT2D eigenvalue weighted by Crippen LogP contribution is -2.30. The molecule has 0 radical (unpaired) electrons. The van der Waals surface area contributed by atoms with E-state index >= 15 is 0 Å². The summed E-state index contributed by atoms with van der Waals surface area (Å²) in [5.41, 5.74) is 0.667. The first-order valence-corrected chi connectivity index (χ1v) is 6.28. The Hall–Kier alpha value is -0.410. The van der Waals surface area contributed by atoms with Crippen LogP contribution in [-0.2, 0) is 6.42 Å². The molecule has 1 unspecified atom stereocenters. The van der Waals surface area contributed by atoms with Crippen molar-refractivity contribution in [2.75, 3.05) is 0 Å². The van der Waals surface area contributed by atoms with Gasteiger partial charge in [-0.1, -0.05) is 32.9 Å².